The van der Waals surface area contributed by atoms with Crippen molar-refractivity contribution in [1.82, 2.24) is 10.2 Å². The smallest absolute Gasteiger partial charge is 0.240 e. The van der Waals surface area contributed by atoms with E-state index in [0.29, 0.717) is 18.0 Å². The monoisotopic (exact) mass is 256 g/mol. The minimum Gasteiger partial charge on any atom is -0.330 e. The fourth-order valence-electron chi connectivity index (χ4n) is 4.20. The summed E-state index contributed by atoms with van der Waals surface area (Å²) in [6, 6.07) is 9.76. The first kappa shape index (κ1) is 11.5. The Morgan fingerprint density at radius 1 is 1.26 bits per heavy atom. The Kier molecular flexibility index (Phi) is 2.46. The van der Waals surface area contributed by atoms with E-state index in [9.17, 15) is 4.79 Å². The molecule has 0 radical (unpaired) electrons. The van der Waals surface area contributed by atoms with E-state index < -0.39 is 0 Å². The van der Waals surface area contributed by atoms with Crippen molar-refractivity contribution in [3.63, 3.8) is 0 Å². The van der Waals surface area contributed by atoms with Gasteiger partial charge in [-0.15, -0.1) is 0 Å². The zero-order chi connectivity index (χ0) is 13.0. The molecule has 0 aromatic heterocycles. The number of piperidine rings is 1. The van der Waals surface area contributed by atoms with Crippen molar-refractivity contribution in [3.8, 4) is 0 Å². The lowest BCUT2D eigenvalue weighted by Gasteiger charge is -2.53. The fourth-order valence-corrected chi connectivity index (χ4v) is 4.20. The summed E-state index contributed by atoms with van der Waals surface area (Å²) in [6.07, 6.45) is 4.37. The molecule has 1 amide bonds. The average Bonchev–Trinajstić information content (AvgIpc) is 2.44. The van der Waals surface area contributed by atoms with Gasteiger partial charge in [0.15, 0.2) is 0 Å². The number of benzene rings is 1. The molecule has 4 atom stereocenters. The number of hydrogen-bond donors (Lipinski definition) is 1. The van der Waals surface area contributed by atoms with Gasteiger partial charge < -0.3 is 10.2 Å². The summed E-state index contributed by atoms with van der Waals surface area (Å²) in [6.45, 7) is 2.20. The van der Waals surface area contributed by atoms with Gasteiger partial charge in [0, 0.05) is 12.1 Å². The molecule has 1 N–H and O–H groups in total. The second-order valence-electron chi connectivity index (χ2n) is 6.20. The van der Waals surface area contributed by atoms with E-state index in [1.165, 1.54) is 24.0 Å². The molecule has 2 bridgehead atoms. The second-order valence-corrected chi connectivity index (χ2v) is 6.20. The van der Waals surface area contributed by atoms with Crippen molar-refractivity contribution in [2.24, 2.45) is 0 Å². The molecule has 0 spiro atoms. The number of carbonyl (C=O) groups is 1. The van der Waals surface area contributed by atoms with Crippen molar-refractivity contribution in [2.75, 3.05) is 0 Å². The Labute approximate surface area is 114 Å². The van der Waals surface area contributed by atoms with Gasteiger partial charge in [-0.1, -0.05) is 24.3 Å². The van der Waals surface area contributed by atoms with E-state index >= 15 is 0 Å². The van der Waals surface area contributed by atoms with E-state index in [2.05, 4.69) is 41.4 Å². The second kappa shape index (κ2) is 4.07. The van der Waals surface area contributed by atoms with Crippen LogP contribution in [0, 0.1) is 0 Å². The molecule has 4 rings (SSSR count). The number of hydrogen-bond acceptors (Lipinski definition) is 2. The summed E-state index contributed by atoms with van der Waals surface area (Å²) < 4.78 is 0. The minimum atomic E-state index is 0.0720. The van der Waals surface area contributed by atoms with Crippen LogP contribution in [0.2, 0.25) is 0 Å². The fraction of sp³-hybridized carbons (Fsp3) is 0.562. The van der Waals surface area contributed by atoms with Gasteiger partial charge in [0.05, 0.1) is 12.1 Å². The van der Waals surface area contributed by atoms with Gasteiger partial charge in [0.1, 0.15) is 0 Å². The van der Waals surface area contributed by atoms with Crippen LogP contribution in [-0.4, -0.2) is 28.9 Å². The Bertz CT molecular complexity index is 527. The molecule has 1 aromatic rings. The Morgan fingerprint density at radius 3 is 3.00 bits per heavy atom. The molecule has 3 aliphatic rings. The van der Waals surface area contributed by atoms with Gasteiger partial charge in [-0.2, -0.15) is 0 Å². The summed E-state index contributed by atoms with van der Waals surface area (Å²) in [4.78, 5) is 14.8. The van der Waals surface area contributed by atoms with Crippen LogP contribution >= 0.6 is 0 Å². The first-order valence-electron chi connectivity index (χ1n) is 7.42. The van der Waals surface area contributed by atoms with E-state index in [4.69, 9.17) is 0 Å². The zero-order valence-electron chi connectivity index (χ0n) is 11.3. The van der Waals surface area contributed by atoms with Crippen LogP contribution in [0.15, 0.2) is 24.3 Å². The van der Waals surface area contributed by atoms with E-state index in [1.54, 1.807) is 0 Å². The molecule has 19 heavy (non-hydrogen) atoms. The molecule has 0 saturated carbocycles. The Morgan fingerprint density at radius 2 is 2.11 bits per heavy atom. The van der Waals surface area contributed by atoms with Crippen LogP contribution in [0.25, 0.3) is 0 Å². The van der Waals surface area contributed by atoms with Gasteiger partial charge in [-0.25, -0.2) is 0 Å². The third-order valence-electron chi connectivity index (χ3n) is 5.02. The van der Waals surface area contributed by atoms with Crippen molar-refractivity contribution >= 4 is 5.91 Å². The molecule has 1 aromatic carbocycles. The number of carbonyl (C=O) groups excluding carboxylic acids is 1. The highest BCUT2D eigenvalue weighted by Crippen LogP contribution is 2.41. The summed E-state index contributed by atoms with van der Waals surface area (Å²) in [7, 11) is 0. The maximum atomic E-state index is 12.7. The maximum absolute atomic E-state index is 12.7. The molecule has 0 aliphatic carbocycles. The summed E-state index contributed by atoms with van der Waals surface area (Å²) in [5.41, 5.74) is 2.79. The van der Waals surface area contributed by atoms with Crippen LogP contribution in [0.3, 0.4) is 0 Å². The predicted octanol–water partition coefficient (Wildman–Crippen LogP) is 2.03. The first-order chi connectivity index (χ1) is 9.25. The van der Waals surface area contributed by atoms with Gasteiger partial charge in [0.2, 0.25) is 5.91 Å². The average molecular weight is 256 g/mol. The van der Waals surface area contributed by atoms with Crippen molar-refractivity contribution in [2.45, 2.75) is 56.8 Å². The highest BCUT2D eigenvalue weighted by Gasteiger charge is 2.47. The van der Waals surface area contributed by atoms with Gasteiger partial charge in [-0.3, -0.25) is 4.79 Å². The van der Waals surface area contributed by atoms with Crippen LogP contribution < -0.4 is 5.32 Å². The SMILES string of the molecule is C[C@H]1Cc2ccccc2C2[C@H]3CCC[C@H](N3)C(=O)N21. The standard InChI is InChI=1S/C16H20N2O/c1-10-9-11-5-2-3-6-12(11)15-13-7-4-8-14(17-13)16(19)18(10)15/h2-3,5-6,10,13-15,17H,4,7-9H2,1H3/t10-,13+,14-,15?/m0/s1. The maximum Gasteiger partial charge on any atom is 0.240 e. The lowest BCUT2D eigenvalue weighted by atomic mass is 9.78. The van der Waals surface area contributed by atoms with E-state index in [0.717, 1.165) is 12.8 Å². The highest BCUT2D eigenvalue weighted by atomic mass is 16.2. The number of fused-ring (bicyclic) bond motifs is 6. The first-order valence-corrected chi connectivity index (χ1v) is 7.42. The predicted molar refractivity (Wildman–Crippen MR) is 73.8 cm³/mol. The quantitative estimate of drug-likeness (QED) is 0.770. The molecule has 2 saturated heterocycles. The molecule has 1 unspecified atom stereocenters. The van der Waals surface area contributed by atoms with Crippen molar-refractivity contribution in [1.29, 1.82) is 0 Å². The number of rotatable bonds is 0. The third-order valence-corrected chi connectivity index (χ3v) is 5.02. The van der Waals surface area contributed by atoms with Crippen LogP contribution in [0.1, 0.15) is 43.4 Å². The Hall–Kier alpha value is -1.35. The molecule has 2 fully saturated rings. The highest BCUT2D eigenvalue weighted by molar-refractivity contribution is 5.84. The number of piperazine rings is 1. The lowest BCUT2D eigenvalue weighted by Crippen LogP contribution is -2.66. The molecule has 3 nitrogen and oxygen atoms in total. The molecule has 3 heteroatoms. The van der Waals surface area contributed by atoms with Gasteiger partial charge in [0.25, 0.3) is 0 Å². The van der Waals surface area contributed by atoms with E-state index in [-0.39, 0.29) is 12.1 Å². The van der Waals surface area contributed by atoms with Crippen LogP contribution in [0.5, 0.6) is 0 Å². The molecule has 3 aliphatic heterocycles. The van der Waals surface area contributed by atoms with E-state index in [1.807, 2.05) is 0 Å². The minimum absolute atomic E-state index is 0.0720. The number of nitrogens with one attached hydrogen (secondary N) is 1. The largest absolute Gasteiger partial charge is 0.330 e. The van der Waals surface area contributed by atoms with Crippen LogP contribution in [-0.2, 0) is 11.2 Å². The third kappa shape index (κ3) is 1.57. The van der Waals surface area contributed by atoms with Crippen molar-refractivity contribution in [3.05, 3.63) is 35.4 Å². The van der Waals surface area contributed by atoms with Gasteiger partial charge in [-0.05, 0) is 43.7 Å². The normalized spacial score (nSPS) is 36.7. The Balaban J connectivity index is 1.83. The summed E-state index contributed by atoms with van der Waals surface area (Å²) in [5, 5.41) is 3.57. The topological polar surface area (TPSA) is 32.3 Å². The van der Waals surface area contributed by atoms with Gasteiger partial charge >= 0.3 is 0 Å². The molecular weight excluding hydrogens is 236 g/mol. The lowest BCUT2D eigenvalue weighted by molar-refractivity contribution is -0.146. The van der Waals surface area contributed by atoms with Crippen LogP contribution in [0.4, 0.5) is 0 Å². The van der Waals surface area contributed by atoms with Crippen molar-refractivity contribution < 1.29 is 4.79 Å². The summed E-state index contributed by atoms with van der Waals surface area (Å²) in [5.74, 6) is 0.322. The number of nitrogens with zero attached hydrogens (tertiary/aromatic N) is 1. The summed E-state index contributed by atoms with van der Waals surface area (Å²) >= 11 is 0. The molecular formula is C16H20N2O. The molecule has 3 heterocycles. The number of amides is 1. The zero-order valence-corrected chi connectivity index (χ0v) is 11.3. The molecule has 100 valence electrons.